The zero-order chi connectivity index (χ0) is 14.8. The van der Waals surface area contributed by atoms with E-state index in [-0.39, 0.29) is 10.6 Å². The molecule has 2 aliphatic heterocycles. The highest BCUT2D eigenvalue weighted by molar-refractivity contribution is 5.56. The van der Waals surface area contributed by atoms with Crippen LogP contribution in [-0.4, -0.2) is 55.3 Å². The number of hydrogen-bond acceptors (Lipinski definition) is 5. The first kappa shape index (κ1) is 14.3. The molecule has 2 saturated heterocycles. The number of non-ortho nitro benzene ring substituents is 1. The molecule has 0 aromatic heterocycles. The van der Waals surface area contributed by atoms with Gasteiger partial charge >= 0.3 is 0 Å². The molecule has 2 aliphatic rings. The highest BCUT2D eigenvalue weighted by Gasteiger charge is 2.29. The Morgan fingerprint density at radius 3 is 2.48 bits per heavy atom. The van der Waals surface area contributed by atoms with E-state index in [0.717, 1.165) is 57.1 Å². The second kappa shape index (κ2) is 5.99. The van der Waals surface area contributed by atoms with Crippen LogP contribution in [0.3, 0.4) is 0 Å². The third-order valence-corrected chi connectivity index (χ3v) is 4.40. The Morgan fingerprint density at radius 2 is 1.95 bits per heavy atom. The Balaban J connectivity index is 1.71. The minimum atomic E-state index is -0.301. The van der Waals surface area contributed by atoms with Gasteiger partial charge in [0.25, 0.3) is 5.69 Å². The van der Waals surface area contributed by atoms with E-state index in [1.165, 1.54) is 0 Å². The number of nitrogens with zero attached hydrogens (tertiary/aromatic N) is 3. The van der Waals surface area contributed by atoms with Crippen LogP contribution in [0.15, 0.2) is 18.2 Å². The van der Waals surface area contributed by atoms with Gasteiger partial charge in [-0.25, -0.2) is 0 Å². The van der Waals surface area contributed by atoms with Crippen LogP contribution in [0.4, 0.5) is 11.4 Å². The van der Waals surface area contributed by atoms with Crippen molar-refractivity contribution in [3.8, 4) is 0 Å². The Kier molecular flexibility index (Phi) is 4.07. The molecule has 0 saturated carbocycles. The fourth-order valence-corrected chi connectivity index (χ4v) is 2.93. The van der Waals surface area contributed by atoms with Crippen molar-refractivity contribution in [2.45, 2.75) is 19.4 Å². The maximum absolute atomic E-state index is 11.1. The molecule has 2 fully saturated rings. The first-order chi connectivity index (χ1) is 10.2. The van der Waals surface area contributed by atoms with E-state index in [0.29, 0.717) is 6.04 Å². The Morgan fingerprint density at radius 1 is 1.24 bits per heavy atom. The smallest absolute Gasteiger partial charge is 0.271 e. The second-order valence-corrected chi connectivity index (χ2v) is 5.68. The van der Waals surface area contributed by atoms with Gasteiger partial charge in [0.2, 0.25) is 0 Å². The average Bonchev–Trinajstić information content (AvgIpc) is 2.45. The van der Waals surface area contributed by atoms with Crippen LogP contribution < -0.4 is 4.90 Å². The largest absolute Gasteiger partial charge is 0.378 e. The van der Waals surface area contributed by atoms with Crippen LogP contribution in [0.2, 0.25) is 0 Å². The summed E-state index contributed by atoms with van der Waals surface area (Å²) < 4.78 is 5.24. The SMILES string of the molecule is CCc1cc(N2CCN(C3COC3)CC2)cc([N+](=O)[O-])c1. The van der Waals surface area contributed by atoms with Gasteiger partial charge in [-0.05, 0) is 18.1 Å². The van der Waals surface area contributed by atoms with Crippen LogP contribution in [0, 0.1) is 10.1 Å². The molecule has 1 aromatic rings. The number of hydrogen-bond donors (Lipinski definition) is 0. The maximum Gasteiger partial charge on any atom is 0.271 e. The van der Waals surface area contributed by atoms with Crippen molar-refractivity contribution in [2.24, 2.45) is 0 Å². The molecule has 3 rings (SSSR count). The van der Waals surface area contributed by atoms with Gasteiger partial charge in [-0.3, -0.25) is 15.0 Å². The summed E-state index contributed by atoms with van der Waals surface area (Å²) in [6.45, 7) is 7.54. The highest BCUT2D eigenvalue weighted by atomic mass is 16.6. The summed E-state index contributed by atoms with van der Waals surface area (Å²) in [5.41, 5.74) is 2.19. The van der Waals surface area contributed by atoms with Crippen molar-refractivity contribution in [1.29, 1.82) is 0 Å². The Hall–Kier alpha value is -1.66. The molecule has 0 bridgehead atoms. The Bertz CT molecular complexity index is 523. The van der Waals surface area contributed by atoms with E-state index in [2.05, 4.69) is 15.9 Å². The van der Waals surface area contributed by atoms with Gasteiger partial charge < -0.3 is 9.64 Å². The number of nitro benzene ring substituents is 1. The zero-order valence-electron chi connectivity index (χ0n) is 12.3. The van der Waals surface area contributed by atoms with E-state index in [4.69, 9.17) is 4.74 Å². The van der Waals surface area contributed by atoms with Crippen molar-refractivity contribution in [1.82, 2.24) is 4.90 Å². The number of benzene rings is 1. The van der Waals surface area contributed by atoms with Crippen LogP contribution >= 0.6 is 0 Å². The van der Waals surface area contributed by atoms with Gasteiger partial charge in [0.15, 0.2) is 0 Å². The molecular formula is C15H21N3O3. The number of piperazine rings is 1. The molecule has 0 N–H and O–H groups in total. The minimum absolute atomic E-state index is 0.194. The number of nitro groups is 1. The van der Waals surface area contributed by atoms with E-state index in [1.807, 2.05) is 6.92 Å². The molecule has 0 amide bonds. The third kappa shape index (κ3) is 3.01. The summed E-state index contributed by atoms with van der Waals surface area (Å²) in [4.78, 5) is 15.5. The van der Waals surface area contributed by atoms with Crippen molar-refractivity contribution in [3.05, 3.63) is 33.9 Å². The van der Waals surface area contributed by atoms with Crippen molar-refractivity contribution < 1.29 is 9.66 Å². The molecule has 1 aromatic carbocycles. The summed E-state index contributed by atoms with van der Waals surface area (Å²) in [5, 5.41) is 11.1. The summed E-state index contributed by atoms with van der Waals surface area (Å²) in [6, 6.07) is 6.02. The van der Waals surface area contributed by atoms with Gasteiger partial charge in [0.05, 0.1) is 24.2 Å². The molecule has 6 heteroatoms. The van der Waals surface area contributed by atoms with Crippen LogP contribution in [-0.2, 0) is 11.2 Å². The lowest BCUT2D eigenvalue weighted by molar-refractivity contribution is -0.384. The van der Waals surface area contributed by atoms with Gasteiger partial charge in [-0.2, -0.15) is 0 Å². The van der Waals surface area contributed by atoms with Crippen LogP contribution in [0.25, 0.3) is 0 Å². The molecule has 0 unspecified atom stereocenters. The molecule has 0 spiro atoms. The normalized spacial score (nSPS) is 20.3. The average molecular weight is 291 g/mol. The highest BCUT2D eigenvalue weighted by Crippen LogP contribution is 2.26. The maximum atomic E-state index is 11.1. The van der Waals surface area contributed by atoms with Crippen molar-refractivity contribution in [3.63, 3.8) is 0 Å². The monoisotopic (exact) mass is 291 g/mol. The second-order valence-electron chi connectivity index (χ2n) is 5.68. The van der Waals surface area contributed by atoms with E-state index < -0.39 is 0 Å². The molecular weight excluding hydrogens is 270 g/mol. The lowest BCUT2D eigenvalue weighted by Crippen LogP contribution is -2.56. The summed E-state index contributed by atoms with van der Waals surface area (Å²) in [5.74, 6) is 0. The predicted molar refractivity (Wildman–Crippen MR) is 80.9 cm³/mol. The molecule has 2 heterocycles. The first-order valence-electron chi connectivity index (χ1n) is 7.52. The summed E-state index contributed by atoms with van der Waals surface area (Å²) in [7, 11) is 0. The Labute approximate surface area is 124 Å². The van der Waals surface area contributed by atoms with Gasteiger partial charge in [-0.15, -0.1) is 0 Å². The van der Waals surface area contributed by atoms with E-state index in [1.54, 1.807) is 12.1 Å². The molecule has 0 radical (unpaired) electrons. The number of rotatable bonds is 4. The quantitative estimate of drug-likeness (QED) is 0.624. The topological polar surface area (TPSA) is 58.8 Å². The van der Waals surface area contributed by atoms with Crippen molar-refractivity contribution in [2.75, 3.05) is 44.3 Å². The first-order valence-corrected chi connectivity index (χ1v) is 7.52. The zero-order valence-corrected chi connectivity index (χ0v) is 12.3. The number of anilines is 1. The predicted octanol–water partition coefficient (Wildman–Crippen LogP) is 1.68. The summed E-state index contributed by atoms with van der Waals surface area (Å²) in [6.07, 6.45) is 0.814. The molecule has 0 atom stereocenters. The lowest BCUT2D eigenvalue weighted by Gasteiger charge is -2.43. The fraction of sp³-hybridized carbons (Fsp3) is 0.600. The molecule has 114 valence electrons. The lowest BCUT2D eigenvalue weighted by atomic mass is 10.1. The molecule has 0 aliphatic carbocycles. The third-order valence-electron chi connectivity index (χ3n) is 4.40. The standard InChI is InChI=1S/C15H21N3O3/c1-2-12-7-13(9-14(8-12)18(19)20)16-3-5-17(6-4-16)15-10-21-11-15/h7-9,15H,2-6,10-11H2,1H3. The van der Waals surface area contributed by atoms with Crippen LogP contribution in [0.1, 0.15) is 12.5 Å². The van der Waals surface area contributed by atoms with Gasteiger partial charge in [-0.1, -0.05) is 6.92 Å². The molecule has 21 heavy (non-hydrogen) atoms. The summed E-state index contributed by atoms with van der Waals surface area (Å²) >= 11 is 0. The van der Waals surface area contributed by atoms with Gasteiger partial charge in [0, 0.05) is 44.0 Å². The van der Waals surface area contributed by atoms with Gasteiger partial charge in [0.1, 0.15) is 0 Å². The molecule has 6 nitrogen and oxygen atoms in total. The fourth-order valence-electron chi connectivity index (χ4n) is 2.93. The van der Waals surface area contributed by atoms with Crippen molar-refractivity contribution >= 4 is 11.4 Å². The minimum Gasteiger partial charge on any atom is -0.378 e. The van der Waals surface area contributed by atoms with E-state index >= 15 is 0 Å². The number of ether oxygens (including phenoxy) is 1. The van der Waals surface area contributed by atoms with Crippen LogP contribution in [0.5, 0.6) is 0 Å². The van der Waals surface area contributed by atoms with E-state index in [9.17, 15) is 10.1 Å². The number of aryl methyl sites for hydroxylation is 1.